The first kappa shape index (κ1) is 52.6. The predicted octanol–water partition coefficient (Wildman–Crippen LogP) is 14.0. The van der Waals surface area contributed by atoms with E-state index in [4.69, 9.17) is 14.2 Å². The molecular weight excluding hydrogens is 709 g/mol. The van der Waals surface area contributed by atoms with E-state index < -0.39 is 12.1 Å². The number of carbonyl (C=O) groups is 3. The van der Waals surface area contributed by atoms with Crippen molar-refractivity contribution in [1.29, 1.82) is 0 Å². The Morgan fingerprint density at radius 2 is 0.719 bits per heavy atom. The maximum atomic E-state index is 12.7. The van der Waals surface area contributed by atoms with E-state index in [1.807, 2.05) is 103 Å². The number of unbranched alkanes of at least 4 members (excludes halogenated alkanes) is 11. The fourth-order valence-corrected chi connectivity index (χ4v) is 5.12. The van der Waals surface area contributed by atoms with Gasteiger partial charge in [-0.05, 0) is 70.6 Å². The third-order valence-electron chi connectivity index (χ3n) is 8.38. The lowest BCUT2D eigenvalue weighted by atomic mass is 10.1. The Kier molecular flexibility index (Phi) is 40.8. The Morgan fingerprint density at radius 1 is 0.368 bits per heavy atom. The number of esters is 3. The molecule has 1 unspecified atom stereocenters. The molecule has 6 heteroatoms. The van der Waals surface area contributed by atoms with Gasteiger partial charge in [-0.1, -0.05) is 193 Å². The monoisotopic (exact) mass is 785 g/mol. The normalized spacial score (nSPS) is 13.4. The van der Waals surface area contributed by atoms with Gasteiger partial charge in [0.25, 0.3) is 0 Å². The molecule has 0 aromatic rings. The molecule has 0 saturated carbocycles. The van der Waals surface area contributed by atoms with Crippen LogP contribution < -0.4 is 0 Å². The summed E-state index contributed by atoms with van der Waals surface area (Å²) < 4.78 is 16.6. The van der Waals surface area contributed by atoms with Crippen LogP contribution in [0.2, 0.25) is 0 Å². The standard InChI is InChI=1S/C51H76O6/c1-4-7-10-13-16-19-22-24-25-27-29-32-35-38-41-44-50(53)56-47-48(46-55-49(52)43-40-37-34-31-28-21-18-15-12-9-6-3)57-51(54)45-42-39-36-33-30-26-23-20-17-14-11-8-5-2/h7-8,10-11,13-20,22-27,29-30,33,36,48H,4-6,9,12,21,28,31-32,34-35,37-47H2,1-3H3/b10-7-,11-8-,16-13-,17-14-,18-15-,22-19-,23-20-,25-24-,29-27-,30-26-,36-33-. The summed E-state index contributed by atoms with van der Waals surface area (Å²) in [6, 6.07) is 0. The molecule has 0 aromatic carbocycles. The Bertz CT molecular complexity index is 1320. The minimum atomic E-state index is -0.838. The molecule has 0 fully saturated rings. The van der Waals surface area contributed by atoms with Gasteiger partial charge >= 0.3 is 17.9 Å². The predicted molar refractivity (Wildman–Crippen MR) is 242 cm³/mol. The molecule has 0 aliphatic heterocycles. The molecular formula is C51H76O6. The van der Waals surface area contributed by atoms with Crippen LogP contribution in [-0.2, 0) is 28.6 Å². The molecule has 0 heterocycles. The lowest BCUT2D eigenvalue weighted by molar-refractivity contribution is -0.167. The second-order valence-corrected chi connectivity index (χ2v) is 13.7. The van der Waals surface area contributed by atoms with Crippen LogP contribution in [0.4, 0.5) is 0 Å². The maximum Gasteiger partial charge on any atom is 0.306 e. The largest absolute Gasteiger partial charge is 0.462 e. The number of allylic oxidation sites excluding steroid dienone is 22. The van der Waals surface area contributed by atoms with Gasteiger partial charge in [-0.25, -0.2) is 0 Å². The van der Waals surface area contributed by atoms with Crippen LogP contribution in [0.15, 0.2) is 134 Å². The second kappa shape index (κ2) is 44.3. The first-order valence-corrected chi connectivity index (χ1v) is 21.8. The molecule has 0 aliphatic rings. The van der Waals surface area contributed by atoms with Crippen molar-refractivity contribution in [2.45, 2.75) is 155 Å². The number of rotatable bonds is 36. The van der Waals surface area contributed by atoms with Crippen molar-refractivity contribution in [2.75, 3.05) is 13.2 Å². The van der Waals surface area contributed by atoms with Gasteiger partial charge in [0.15, 0.2) is 6.10 Å². The smallest absolute Gasteiger partial charge is 0.306 e. The van der Waals surface area contributed by atoms with Gasteiger partial charge in [0.05, 0.1) is 0 Å². The number of ether oxygens (including phenoxy) is 3. The molecule has 0 N–H and O–H groups in total. The average molecular weight is 785 g/mol. The molecule has 0 radical (unpaired) electrons. The van der Waals surface area contributed by atoms with Crippen molar-refractivity contribution < 1.29 is 28.6 Å². The summed E-state index contributed by atoms with van der Waals surface area (Å²) in [6.07, 6.45) is 61.5. The van der Waals surface area contributed by atoms with Crippen molar-refractivity contribution in [3.05, 3.63) is 134 Å². The lowest BCUT2D eigenvalue weighted by Gasteiger charge is -2.18. The molecule has 0 spiro atoms. The third kappa shape index (κ3) is 42.5. The first-order chi connectivity index (χ1) is 28.0. The highest BCUT2D eigenvalue weighted by Crippen LogP contribution is 2.11. The van der Waals surface area contributed by atoms with E-state index in [1.165, 1.54) is 25.7 Å². The Hall–Kier alpha value is -4.45. The highest BCUT2D eigenvalue weighted by atomic mass is 16.6. The van der Waals surface area contributed by atoms with E-state index in [0.717, 1.165) is 64.2 Å². The van der Waals surface area contributed by atoms with Gasteiger partial charge in [-0.3, -0.25) is 14.4 Å². The average Bonchev–Trinajstić information content (AvgIpc) is 3.21. The van der Waals surface area contributed by atoms with Crippen molar-refractivity contribution >= 4 is 17.9 Å². The fraction of sp³-hybridized carbons (Fsp3) is 0.510. The molecule has 1 atom stereocenters. The summed E-state index contributed by atoms with van der Waals surface area (Å²) in [4.78, 5) is 37.7. The van der Waals surface area contributed by atoms with Crippen molar-refractivity contribution in [1.82, 2.24) is 0 Å². The molecule has 0 rings (SSSR count). The zero-order valence-corrected chi connectivity index (χ0v) is 35.8. The minimum absolute atomic E-state index is 0.131. The highest BCUT2D eigenvalue weighted by molar-refractivity contribution is 5.71. The molecule has 0 amide bonds. The zero-order valence-electron chi connectivity index (χ0n) is 35.8. The van der Waals surface area contributed by atoms with Gasteiger partial charge in [0.1, 0.15) is 13.2 Å². The van der Waals surface area contributed by atoms with Gasteiger partial charge in [0, 0.05) is 19.3 Å². The van der Waals surface area contributed by atoms with Gasteiger partial charge in [-0.15, -0.1) is 0 Å². The Labute approximate surface area is 347 Å². The molecule has 0 aliphatic carbocycles. The van der Waals surface area contributed by atoms with Gasteiger partial charge in [0.2, 0.25) is 0 Å². The summed E-state index contributed by atoms with van der Waals surface area (Å²) in [5.74, 6) is -1.08. The zero-order chi connectivity index (χ0) is 41.5. The summed E-state index contributed by atoms with van der Waals surface area (Å²) in [6.45, 7) is 6.15. The lowest BCUT2D eigenvalue weighted by Crippen LogP contribution is -2.30. The summed E-state index contributed by atoms with van der Waals surface area (Å²) in [7, 11) is 0. The second-order valence-electron chi connectivity index (χ2n) is 13.7. The summed E-state index contributed by atoms with van der Waals surface area (Å²) in [5.41, 5.74) is 0. The van der Waals surface area contributed by atoms with Crippen molar-refractivity contribution in [3.8, 4) is 0 Å². The number of hydrogen-bond acceptors (Lipinski definition) is 6. The molecule has 0 aromatic heterocycles. The van der Waals surface area contributed by atoms with E-state index in [2.05, 4.69) is 51.2 Å². The molecule has 57 heavy (non-hydrogen) atoms. The summed E-state index contributed by atoms with van der Waals surface area (Å²) in [5, 5.41) is 0. The van der Waals surface area contributed by atoms with Gasteiger partial charge in [-0.2, -0.15) is 0 Å². The van der Waals surface area contributed by atoms with E-state index in [0.29, 0.717) is 25.7 Å². The van der Waals surface area contributed by atoms with Crippen LogP contribution in [0.5, 0.6) is 0 Å². The SMILES string of the molecule is CC\C=C/C=C\C=C/C=C\C=C/CCCCCC(=O)OCC(COC(=O)CCCCCCC/C=C\CCCC)OC(=O)CCC\C=C/C=C\C=C/C=C\C=C/CC. The van der Waals surface area contributed by atoms with Crippen molar-refractivity contribution in [2.24, 2.45) is 0 Å². The molecule has 316 valence electrons. The molecule has 0 bridgehead atoms. The van der Waals surface area contributed by atoms with Gasteiger partial charge < -0.3 is 14.2 Å². The highest BCUT2D eigenvalue weighted by Gasteiger charge is 2.19. The van der Waals surface area contributed by atoms with Crippen LogP contribution in [0.25, 0.3) is 0 Å². The minimum Gasteiger partial charge on any atom is -0.462 e. The van der Waals surface area contributed by atoms with E-state index in [9.17, 15) is 14.4 Å². The quantitative estimate of drug-likeness (QED) is 0.0207. The van der Waals surface area contributed by atoms with Crippen molar-refractivity contribution in [3.63, 3.8) is 0 Å². The number of carbonyl (C=O) groups excluding carboxylic acids is 3. The van der Waals surface area contributed by atoms with Crippen LogP contribution >= 0.6 is 0 Å². The number of hydrogen-bond donors (Lipinski definition) is 0. The van der Waals surface area contributed by atoms with E-state index in [1.54, 1.807) is 0 Å². The Balaban J connectivity index is 4.64. The van der Waals surface area contributed by atoms with E-state index in [-0.39, 0.29) is 38.0 Å². The molecule has 6 nitrogen and oxygen atoms in total. The van der Waals surface area contributed by atoms with E-state index >= 15 is 0 Å². The maximum absolute atomic E-state index is 12.7. The third-order valence-corrected chi connectivity index (χ3v) is 8.38. The molecule has 0 saturated heterocycles. The fourth-order valence-electron chi connectivity index (χ4n) is 5.12. The van der Waals surface area contributed by atoms with Crippen LogP contribution in [0, 0.1) is 0 Å². The van der Waals surface area contributed by atoms with Crippen LogP contribution in [0.3, 0.4) is 0 Å². The summed E-state index contributed by atoms with van der Waals surface area (Å²) >= 11 is 0. The van der Waals surface area contributed by atoms with Crippen LogP contribution in [0.1, 0.15) is 149 Å². The topological polar surface area (TPSA) is 78.9 Å². The Morgan fingerprint density at radius 3 is 1.19 bits per heavy atom. The van der Waals surface area contributed by atoms with Crippen LogP contribution in [-0.4, -0.2) is 37.2 Å². The first-order valence-electron chi connectivity index (χ1n) is 21.8.